The van der Waals surface area contributed by atoms with Crippen LogP contribution >= 0.6 is 0 Å². The van der Waals surface area contributed by atoms with Crippen molar-refractivity contribution in [1.82, 2.24) is 5.32 Å². The van der Waals surface area contributed by atoms with Crippen molar-refractivity contribution in [2.24, 2.45) is 5.41 Å². The molecule has 0 saturated heterocycles. The highest BCUT2D eigenvalue weighted by Crippen LogP contribution is 2.41. The molecule has 1 heterocycles. The van der Waals surface area contributed by atoms with Gasteiger partial charge in [-0.2, -0.15) is 0 Å². The van der Waals surface area contributed by atoms with Gasteiger partial charge in [-0.3, -0.25) is 0 Å². The van der Waals surface area contributed by atoms with Gasteiger partial charge in [-0.1, -0.05) is 13.8 Å². The van der Waals surface area contributed by atoms with Gasteiger partial charge in [0, 0.05) is 25.1 Å². The minimum Gasteiger partial charge on any atom is -0.493 e. The smallest absolute Gasteiger partial charge is 0.231 e. The van der Waals surface area contributed by atoms with E-state index >= 15 is 0 Å². The molecular weight excluding hydrogens is 270 g/mol. The predicted octanol–water partition coefficient (Wildman–Crippen LogP) is 2.31. The largest absolute Gasteiger partial charge is 0.493 e. The molecule has 1 aliphatic rings. The van der Waals surface area contributed by atoms with E-state index in [1.165, 1.54) is 0 Å². The number of ether oxygens (including phenoxy) is 3. The maximum Gasteiger partial charge on any atom is 0.231 e. The molecule has 0 aromatic heterocycles. The van der Waals surface area contributed by atoms with Crippen LogP contribution in [0.2, 0.25) is 0 Å². The molecule has 0 radical (unpaired) electrons. The van der Waals surface area contributed by atoms with Crippen LogP contribution in [-0.2, 0) is 6.54 Å². The molecule has 5 nitrogen and oxygen atoms in total. The summed E-state index contributed by atoms with van der Waals surface area (Å²) >= 11 is 0. The fraction of sp³-hybridized carbons (Fsp3) is 0.625. The van der Waals surface area contributed by atoms with Crippen LogP contribution in [0.25, 0.3) is 0 Å². The Balaban J connectivity index is 2.01. The number of hydrogen-bond donors (Lipinski definition) is 2. The van der Waals surface area contributed by atoms with Crippen molar-refractivity contribution in [3.63, 3.8) is 0 Å². The zero-order valence-corrected chi connectivity index (χ0v) is 13.1. The monoisotopic (exact) mass is 295 g/mol. The molecule has 2 rings (SSSR count). The normalized spacial score (nSPS) is 13.5. The average Bonchev–Trinajstić information content (AvgIpc) is 2.99. The summed E-state index contributed by atoms with van der Waals surface area (Å²) in [6, 6.07) is 3.93. The molecule has 2 N–H and O–H groups in total. The average molecular weight is 295 g/mol. The molecule has 1 aromatic carbocycles. The maximum atomic E-state index is 9.59. The molecule has 0 fully saturated rings. The Bertz CT molecular complexity index is 463. The third-order valence-corrected chi connectivity index (χ3v) is 4.38. The van der Waals surface area contributed by atoms with Crippen molar-refractivity contribution in [1.29, 1.82) is 0 Å². The molecule has 0 spiro atoms. The second-order valence-electron chi connectivity index (χ2n) is 5.50. The standard InChI is InChI=1S/C16H25NO4/c1-4-16(5-2,10-18)9-17-8-12-6-13(19-3)15-14(7-12)20-11-21-15/h6-7,17-18H,4-5,8-11H2,1-3H3. The van der Waals surface area contributed by atoms with Gasteiger partial charge < -0.3 is 24.6 Å². The van der Waals surface area contributed by atoms with Gasteiger partial charge in [0.2, 0.25) is 12.5 Å². The summed E-state index contributed by atoms with van der Waals surface area (Å²) in [5.74, 6) is 2.10. The van der Waals surface area contributed by atoms with Gasteiger partial charge in [0.1, 0.15) is 0 Å². The van der Waals surface area contributed by atoms with Crippen LogP contribution in [0, 0.1) is 5.41 Å². The molecular formula is C16H25NO4. The lowest BCUT2D eigenvalue weighted by Gasteiger charge is -2.29. The quantitative estimate of drug-likeness (QED) is 0.770. The Kier molecular flexibility index (Phi) is 5.31. The topological polar surface area (TPSA) is 60.0 Å². The van der Waals surface area contributed by atoms with Gasteiger partial charge >= 0.3 is 0 Å². The van der Waals surface area contributed by atoms with Crippen LogP contribution in [0.3, 0.4) is 0 Å². The summed E-state index contributed by atoms with van der Waals surface area (Å²) < 4.78 is 16.1. The molecule has 1 aromatic rings. The first-order chi connectivity index (χ1) is 10.2. The van der Waals surface area contributed by atoms with Gasteiger partial charge in [-0.05, 0) is 30.5 Å². The first-order valence-corrected chi connectivity index (χ1v) is 7.46. The summed E-state index contributed by atoms with van der Waals surface area (Å²) in [5, 5.41) is 13.0. The Labute approximate surface area is 126 Å². The summed E-state index contributed by atoms with van der Waals surface area (Å²) in [4.78, 5) is 0. The summed E-state index contributed by atoms with van der Waals surface area (Å²) in [7, 11) is 1.62. The van der Waals surface area contributed by atoms with Gasteiger partial charge in [0.05, 0.1) is 7.11 Å². The highest BCUT2D eigenvalue weighted by molar-refractivity contribution is 5.55. The van der Waals surface area contributed by atoms with Crippen molar-refractivity contribution < 1.29 is 19.3 Å². The predicted molar refractivity (Wildman–Crippen MR) is 80.9 cm³/mol. The molecule has 118 valence electrons. The van der Waals surface area contributed by atoms with Crippen LogP contribution in [0.1, 0.15) is 32.3 Å². The Morgan fingerprint density at radius 1 is 1.29 bits per heavy atom. The highest BCUT2D eigenvalue weighted by Gasteiger charge is 2.25. The first-order valence-electron chi connectivity index (χ1n) is 7.46. The molecule has 0 bridgehead atoms. The molecule has 0 amide bonds. The number of aliphatic hydroxyl groups is 1. The molecule has 0 atom stereocenters. The Morgan fingerprint density at radius 2 is 2.05 bits per heavy atom. The van der Waals surface area contributed by atoms with E-state index in [1.54, 1.807) is 7.11 Å². The van der Waals surface area contributed by atoms with Crippen molar-refractivity contribution in [3.05, 3.63) is 17.7 Å². The second-order valence-corrected chi connectivity index (χ2v) is 5.50. The van der Waals surface area contributed by atoms with Crippen molar-refractivity contribution in [3.8, 4) is 17.2 Å². The first kappa shape index (κ1) is 15.9. The van der Waals surface area contributed by atoms with Gasteiger partial charge in [0.25, 0.3) is 0 Å². The summed E-state index contributed by atoms with van der Waals surface area (Å²) in [5.41, 5.74) is 1.04. The lowest BCUT2D eigenvalue weighted by molar-refractivity contribution is 0.113. The van der Waals surface area contributed by atoms with Crippen LogP contribution in [0.15, 0.2) is 12.1 Å². The number of rotatable bonds is 8. The molecule has 0 unspecified atom stereocenters. The molecule has 1 aliphatic heterocycles. The molecule has 21 heavy (non-hydrogen) atoms. The van der Waals surface area contributed by atoms with E-state index in [9.17, 15) is 5.11 Å². The summed E-state index contributed by atoms with van der Waals surface area (Å²) in [6.07, 6.45) is 1.91. The fourth-order valence-corrected chi connectivity index (χ4v) is 2.54. The molecule has 0 saturated carbocycles. The number of fused-ring (bicyclic) bond motifs is 1. The number of hydrogen-bond acceptors (Lipinski definition) is 5. The molecule has 5 heteroatoms. The van der Waals surface area contributed by atoms with Crippen LogP contribution in [-0.4, -0.2) is 32.2 Å². The lowest BCUT2D eigenvalue weighted by Crippen LogP contribution is -2.36. The van der Waals surface area contributed by atoms with E-state index in [0.717, 1.165) is 30.7 Å². The molecule has 0 aliphatic carbocycles. The van der Waals surface area contributed by atoms with E-state index in [4.69, 9.17) is 14.2 Å². The van der Waals surface area contributed by atoms with Gasteiger partial charge in [-0.25, -0.2) is 0 Å². The van der Waals surface area contributed by atoms with Crippen molar-refractivity contribution >= 4 is 0 Å². The second kappa shape index (κ2) is 7.00. The van der Waals surface area contributed by atoms with Crippen LogP contribution in [0.4, 0.5) is 0 Å². The number of nitrogens with one attached hydrogen (secondary N) is 1. The summed E-state index contributed by atoms with van der Waals surface area (Å²) in [6.45, 7) is 6.16. The minimum absolute atomic E-state index is 0.0412. The Hall–Kier alpha value is -1.46. The third kappa shape index (κ3) is 3.41. The van der Waals surface area contributed by atoms with Gasteiger partial charge in [-0.15, -0.1) is 0 Å². The van der Waals surface area contributed by atoms with Crippen LogP contribution in [0.5, 0.6) is 17.2 Å². The van der Waals surface area contributed by atoms with Crippen molar-refractivity contribution in [2.45, 2.75) is 33.2 Å². The lowest BCUT2D eigenvalue weighted by atomic mass is 9.83. The van der Waals surface area contributed by atoms with E-state index in [-0.39, 0.29) is 18.8 Å². The zero-order valence-electron chi connectivity index (χ0n) is 13.1. The van der Waals surface area contributed by atoms with E-state index in [1.807, 2.05) is 12.1 Å². The minimum atomic E-state index is -0.0412. The fourth-order valence-electron chi connectivity index (χ4n) is 2.54. The van der Waals surface area contributed by atoms with Crippen LogP contribution < -0.4 is 19.5 Å². The van der Waals surface area contributed by atoms with Crippen molar-refractivity contribution in [2.75, 3.05) is 27.1 Å². The highest BCUT2D eigenvalue weighted by atomic mass is 16.7. The maximum absolute atomic E-state index is 9.59. The third-order valence-electron chi connectivity index (χ3n) is 4.38. The zero-order chi connectivity index (χ0) is 15.3. The number of methoxy groups -OCH3 is 1. The number of benzene rings is 1. The van der Waals surface area contributed by atoms with E-state index < -0.39 is 0 Å². The Morgan fingerprint density at radius 3 is 2.67 bits per heavy atom. The van der Waals surface area contributed by atoms with E-state index in [2.05, 4.69) is 19.2 Å². The van der Waals surface area contributed by atoms with E-state index in [0.29, 0.717) is 18.0 Å². The van der Waals surface area contributed by atoms with Gasteiger partial charge in [0.15, 0.2) is 11.5 Å². The number of aliphatic hydroxyl groups excluding tert-OH is 1. The SMILES string of the molecule is CCC(CC)(CO)CNCc1cc(OC)c2c(c1)OCO2.